The number of rotatable bonds is 5. The van der Waals surface area contributed by atoms with Crippen LogP contribution in [0, 0.1) is 0 Å². The summed E-state index contributed by atoms with van der Waals surface area (Å²) in [5.41, 5.74) is 2.45. The maximum atomic E-state index is 10.9. The first-order valence-electron chi connectivity index (χ1n) is 8.12. The number of hydrogen-bond acceptors (Lipinski definition) is 3. The molecule has 2 aromatic rings. The Labute approximate surface area is 147 Å². The normalized spacial score (nSPS) is 17.5. The van der Waals surface area contributed by atoms with Crippen LogP contribution in [0.3, 0.4) is 0 Å². The Balaban J connectivity index is 1.81. The summed E-state index contributed by atoms with van der Waals surface area (Å²) in [5.74, 6) is -0.763. The summed E-state index contributed by atoms with van der Waals surface area (Å²) in [7, 11) is 0. The second-order valence-electron chi connectivity index (χ2n) is 6.07. The number of piperazine rings is 1. The van der Waals surface area contributed by atoms with E-state index in [1.54, 1.807) is 0 Å². The van der Waals surface area contributed by atoms with E-state index in [0.29, 0.717) is 0 Å². The fraction of sp³-hybridized carbons (Fsp3) is 0.316. The zero-order valence-corrected chi connectivity index (χ0v) is 14.2. The molecule has 5 heteroatoms. The first kappa shape index (κ1) is 17.0. The fourth-order valence-corrected chi connectivity index (χ4v) is 3.39. The molecule has 1 heterocycles. The minimum absolute atomic E-state index is 0.116. The maximum absolute atomic E-state index is 10.9. The van der Waals surface area contributed by atoms with Crippen molar-refractivity contribution in [3.05, 3.63) is 70.7 Å². The average Bonchev–Trinajstić information content (AvgIpc) is 2.59. The molecule has 3 rings (SSSR count). The van der Waals surface area contributed by atoms with Crippen LogP contribution in [0.15, 0.2) is 54.6 Å². The van der Waals surface area contributed by atoms with Gasteiger partial charge in [0.15, 0.2) is 0 Å². The number of halogens is 1. The third-order valence-electron chi connectivity index (χ3n) is 4.43. The Hall–Kier alpha value is -1.88. The highest BCUT2D eigenvalue weighted by Gasteiger charge is 2.26. The van der Waals surface area contributed by atoms with Crippen molar-refractivity contribution in [3.63, 3.8) is 0 Å². The van der Waals surface area contributed by atoms with Crippen LogP contribution in [0.2, 0.25) is 5.02 Å². The third-order valence-corrected chi connectivity index (χ3v) is 4.68. The molecule has 1 N–H and O–H groups in total. The van der Waals surface area contributed by atoms with E-state index in [9.17, 15) is 4.79 Å². The molecule has 1 aliphatic heterocycles. The monoisotopic (exact) mass is 344 g/mol. The first-order chi connectivity index (χ1) is 11.6. The van der Waals surface area contributed by atoms with Crippen molar-refractivity contribution in [2.45, 2.75) is 6.04 Å². The molecule has 126 valence electrons. The van der Waals surface area contributed by atoms with Crippen LogP contribution in [0.5, 0.6) is 0 Å². The minimum atomic E-state index is -0.763. The van der Waals surface area contributed by atoms with Crippen LogP contribution < -0.4 is 0 Å². The summed E-state index contributed by atoms with van der Waals surface area (Å²) >= 11 is 6.04. The van der Waals surface area contributed by atoms with Crippen molar-refractivity contribution >= 4 is 17.6 Å². The Bertz CT molecular complexity index is 668. The minimum Gasteiger partial charge on any atom is -0.480 e. The number of carbonyl (C=O) groups is 1. The van der Waals surface area contributed by atoms with Crippen LogP contribution in [0.4, 0.5) is 0 Å². The molecule has 0 unspecified atom stereocenters. The molecule has 0 aliphatic carbocycles. The SMILES string of the molecule is O=C(O)CN1CCN([C@@H](c2ccccc2)c2ccc(Cl)cc2)CC1. The van der Waals surface area contributed by atoms with Gasteiger partial charge in [-0.25, -0.2) is 0 Å². The first-order valence-corrected chi connectivity index (χ1v) is 8.50. The topological polar surface area (TPSA) is 43.8 Å². The highest BCUT2D eigenvalue weighted by Crippen LogP contribution is 2.30. The number of hydrogen-bond donors (Lipinski definition) is 1. The summed E-state index contributed by atoms with van der Waals surface area (Å²) < 4.78 is 0. The van der Waals surface area contributed by atoms with Crippen molar-refractivity contribution in [1.29, 1.82) is 0 Å². The molecule has 1 fully saturated rings. The lowest BCUT2D eigenvalue weighted by Crippen LogP contribution is -2.49. The van der Waals surface area contributed by atoms with Gasteiger partial charge in [0.05, 0.1) is 12.6 Å². The Morgan fingerprint density at radius 1 is 0.958 bits per heavy atom. The second-order valence-corrected chi connectivity index (χ2v) is 6.51. The van der Waals surface area contributed by atoms with E-state index >= 15 is 0 Å². The summed E-state index contributed by atoms with van der Waals surface area (Å²) in [6.07, 6.45) is 0. The summed E-state index contributed by atoms with van der Waals surface area (Å²) in [5, 5.41) is 9.69. The smallest absolute Gasteiger partial charge is 0.317 e. The molecule has 2 aromatic carbocycles. The van der Waals surface area contributed by atoms with Crippen LogP contribution in [0.25, 0.3) is 0 Å². The van der Waals surface area contributed by atoms with Gasteiger partial charge in [-0.2, -0.15) is 0 Å². The molecule has 1 saturated heterocycles. The van der Waals surface area contributed by atoms with Gasteiger partial charge in [-0.1, -0.05) is 54.1 Å². The zero-order valence-electron chi connectivity index (χ0n) is 13.4. The van der Waals surface area contributed by atoms with E-state index in [1.807, 2.05) is 23.1 Å². The fourth-order valence-electron chi connectivity index (χ4n) is 3.27. The lowest BCUT2D eigenvalue weighted by atomic mass is 9.96. The van der Waals surface area contributed by atoms with Gasteiger partial charge in [0.25, 0.3) is 0 Å². The van der Waals surface area contributed by atoms with Gasteiger partial charge >= 0.3 is 5.97 Å². The molecule has 0 saturated carbocycles. The zero-order chi connectivity index (χ0) is 16.9. The molecular formula is C19H21ClN2O2. The van der Waals surface area contributed by atoms with E-state index in [2.05, 4.69) is 41.3 Å². The predicted octanol–water partition coefficient (Wildman–Crippen LogP) is 3.13. The summed E-state index contributed by atoms with van der Waals surface area (Å²) in [4.78, 5) is 15.3. The molecule has 1 atom stereocenters. The molecule has 24 heavy (non-hydrogen) atoms. The van der Waals surface area contributed by atoms with Crippen molar-refractivity contribution in [3.8, 4) is 0 Å². The number of carboxylic acids is 1. The van der Waals surface area contributed by atoms with Crippen LogP contribution >= 0.6 is 11.6 Å². The molecule has 0 aromatic heterocycles. The lowest BCUT2D eigenvalue weighted by molar-refractivity contribution is -0.138. The molecule has 4 nitrogen and oxygen atoms in total. The molecule has 0 spiro atoms. The van der Waals surface area contributed by atoms with Gasteiger partial charge in [-0.15, -0.1) is 0 Å². The van der Waals surface area contributed by atoms with Gasteiger partial charge in [0.1, 0.15) is 0 Å². The van der Waals surface area contributed by atoms with Gasteiger partial charge < -0.3 is 5.11 Å². The van der Waals surface area contributed by atoms with Crippen LogP contribution in [-0.2, 0) is 4.79 Å². The van der Waals surface area contributed by atoms with E-state index in [1.165, 1.54) is 11.1 Å². The standard InChI is InChI=1S/C19H21ClN2O2/c20-17-8-6-16(7-9-17)19(15-4-2-1-3-5-15)22-12-10-21(11-13-22)14-18(23)24/h1-9,19H,10-14H2,(H,23,24)/t19-/m0/s1. The second kappa shape index (κ2) is 7.79. The van der Waals surface area contributed by atoms with E-state index in [0.717, 1.165) is 31.2 Å². The quantitative estimate of drug-likeness (QED) is 0.905. The largest absolute Gasteiger partial charge is 0.480 e. The molecule has 0 radical (unpaired) electrons. The average molecular weight is 345 g/mol. The molecule has 0 amide bonds. The number of aliphatic carboxylic acids is 1. The predicted molar refractivity (Wildman–Crippen MR) is 95.4 cm³/mol. The van der Waals surface area contributed by atoms with Gasteiger partial charge in [-0.3, -0.25) is 14.6 Å². The molecule has 1 aliphatic rings. The number of benzene rings is 2. The summed E-state index contributed by atoms with van der Waals surface area (Å²) in [6.45, 7) is 3.34. The number of carboxylic acid groups (broad SMARTS) is 1. The lowest BCUT2D eigenvalue weighted by Gasteiger charge is -2.39. The van der Waals surface area contributed by atoms with Crippen LogP contribution in [0.1, 0.15) is 17.2 Å². The van der Waals surface area contributed by atoms with Crippen molar-refractivity contribution in [2.75, 3.05) is 32.7 Å². The van der Waals surface area contributed by atoms with Crippen LogP contribution in [-0.4, -0.2) is 53.6 Å². The van der Waals surface area contributed by atoms with E-state index < -0.39 is 5.97 Å². The summed E-state index contributed by atoms with van der Waals surface area (Å²) in [6, 6.07) is 18.6. The molecule has 0 bridgehead atoms. The Kier molecular flexibility index (Phi) is 5.51. The van der Waals surface area contributed by atoms with Crippen molar-refractivity contribution in [1.82, 2.24) is 9.80 Å². The Morgan fingerprint density at radius 2 is 1.54 bits per heavy atom. The van der Waals surface area contributed by atoms with E-state index in [4.69, 9.17) is 16.7 Å². The number of nitrogens with zero attached hydrogens (tertiary/aromatic N) is 2. The highest BCUT2D eigenvalue weighted by atomic mass is 35.5. The Morgan fingerprint density at radius 3 is 2.12 bits per heavy atom. The van der Waals surface area contributed by atoms with Gasteiger partial charge in [0.2, 0.25) is 0 Å². The third kappa shape index (κ3) is 4.15. The van der Waals surface area contributed by atoms with Crippen molar-refractivity contribution < 1.29 is 9.90 Å². The molecular weight excluding hydrogens is 324 g/mol. The van der Waals surface area contributed by atoms with Gasteiger partial charge in [-0.05, 0) is 23.3 Å². The maximum Gasteiger partial charge on any atom is 0.317 e. The highest BCUT2D eigenvalue weighted by molar-refractivity contribution is 6.30. The van der Waals surface area contributed by atoms with E-state index in [-0.39, 0.29) is 12.6 Å². The van der Waals surface area contributed by atoms with Crippen molar-refractivity contribution in [2.24, 2.45) is 0 Å². The van der Waals surface area contributed by atoms with Gasteiger partial charge in [0, 0.05) is 31.2 Å².